The third-order valence-electron chi connectivity index (χ3n) is 11.1. The van der Waals surface area contributed by atoms with E-state index in [2.05, 4.69) is 0 Å². The summed E-state index contributed by atoms with van der Waals surface area (Å²) in [5.41, 5.74) is 0.944. The van der Waals surface area contributed by atoms with E-state index < -0.39 is 31.0 Å². The molecular weight excluding hydrogens is 731 g/mol. The molecule has 14 heteroatoms. The number of ether oxygens (including phenoxy) is 3. The highest BCUT2D eigenvalue weighted by Gasteiger charge is 2.49. The van der Waals surface area contributed by atoms with Crippen LogP contribution in [0.15, 0.2) is 75.5 Å². The molecule has 3 heterocycles. The minimum atomic E-state index is -4.13. The Labute approximate surface area is 317 Å². The molecule has 290 valence electrons. The lowest BCUT2D eigenvalue weighted by molar-refractivity contribution is -0.165. The van der Waals surface area contributed by atoms with Gasteiger partial charge < -0.3 is 23.7 Å². The van der Waals surface area contributed by atoms with Crippen LogP contribution in [0.4, 0.5) is 4.79 Å². The Morgan fingerprint density at radius 2 is 1.54 bits per heavy atom. The largest absolute Gasteiger partial charge is 0.490 e. The number of amides is 1. The topological polar surface area (TPSA) is 143 Å². The highest BCUT2D eigenvalue weighted by atomic mass is 32.2. The number of nitrogens with zero attached hydrogens (tertiary/aromatic N) is 3. The maximum Gasteiger partial charge on any atom is 0.410 e. The minimum Gasteiger partial charge on any atom is -0.490 e. The molecule has 0 radical (unpaired) electrons. The number of rotatable bonds is 9. The van der Waals surface area contributed by atoms with E-state index in [1.807, 2.05) is 27.7 Å². The molecule has 1 saturated heterocycles. The Balaban J connectivity index is 1.08. The Bertz CT molecular complexity index is 2350. The molecule has 3 fully saturated rings. The van der Waals surface area contributed by atoms with Crippen molar-refractivity contribution in [2.45, 2.75) is 107 Å². The molecule has 2 aliphatic carbocycles. The lowest BCUT2D eigenvalue weighted by Crippen LogP contribution is -2.53. The first-order chi connectivity index (χ1) is 25.4. The highest BCUT2D eigenvalue weighted by Crippen LogP contribution is 2.51. The number of carbonyl (C=O) groups is 1. The van der Waals surface area contributed by atoms with E-state index in [0.29, 0.717) is 48.2 Å². The lowest BCUT2D eigenvalue weighted by atomic mass is 9.61. The van der Waals surface area contributed by atoms with Gasteiger partial charge in [-0.05, 0) is 95.2 Å². The summed E-state index contributed by atoms with van der Waals surface area (Å²) in [6, 6.07) is 12.7. The van der Waals surface area contributed by atoms with Gasteiger partial charge in [0.1, 0.15) is 23.0 Å². The number of sulfone groups is 1. The molecule has 54 heavy (non-hydrogen) atoms. The smallest absolute Gasteiger partial charge is 0.410 e. The van der Waals surface area contributed by atoms with Crippen molar-refractivity contribution in [3.05, 3.63) is 76.8 Å². The summed E-state index contributed by atoms with van der Waals surface area (Å²) in [7, 11) is -6.20. The third kappa shape index (κ3) is 7.32. The van der Waals surface area contributed by atoms with Crippen molar-refractivity contribution in [3.8, 4) is 16.9 Å². The molecule has 0 bridgehead atoms. The van der Waals surface area contributed by atoms with E-state index in [0.717, 1.165) is 35.2 Å². The number of fused-ring (bicyclic) bond motifs is 1. The van der Waals surface area contributed by atoms with Gasteiger partial charge in [0.15, 0.2) is 9.84 Å². The molecule has 0 unspecified atom stereocenters. The Kier molecular flexibility index (Phi) is 9.79. The zero-order chi connectivity index (χ0) is 38.8. The third-order valence-corrected chi connectivity index (χ3v) is 14.5. The first kappa shape index (κ1) is 38.1. The van der Waals surface area contributed by atoms with E-state index in [4.69, 9.17) is 14.2 Å². The Morgan fingerprint density at radius 3 is 2.17 bits per heavy atom. The van der Waals surface area contributed by atoms with E-state index in [9.17, 15) is 26.4 Å². The molecule has 7 rings (SSSR count). The van der Waals surface area contributed by atoms with Crippen molar-refractivity contribution in [3.63, 3.8) is 0 Å². The molecule has 1 aliphatic heterocycles. The number of aromatic nitrogens is 2. The molecule has 2 aromatic heterocycles. The predicted octanol–water partition coefficient (Wildman–Crippen LogP) is 6.45. The average molecular weight is 780 g/mol. The molecule has 4 aromatic rings. The van der Waals surface area contributed by atoms with Crippen LogP contribution >= 0.6 is 0 Å². The predicted molar refractivity (Wildman–Crippen MR) is 205 cm³/mol. The van der Waals surface area contributed by atoms with Gasteiger partial charge in [0.2, 0.25) is 0 Å². The van der Waals surface area contributed by atoms with Gasteiger partial charge >= 0.3 is 6.09 Å². The van der Waals surface area contributed by atoms with Gasteiger partial charge in [0.25, 0.3) is 15.6 Å². The summed E-state index contributed by atoms with van der Waals surface area (Å²) >= 11 is 0. The summed E-state index contributed by atoms with van der Waals surface area (Å²) in [6.45, 7) is 10.4. The maximum atomic E-state index is 13.8. The monoisotopic (exact) mass is 779 g/mol. The van der Waals surface area contributed by atoms with Gasteiger partial charge in [-0.3, -0.25) is 4.79 Å². The van der Waals surface area contributed by atoms with Gasteiger partial charge in [0, 0.05) is 61.9 Å². The molecule has 2 aromatic carbocycles. The number of hydrogen-bond donors (Lipinski definition) is 0. The van der Waals surface area contributed by atoms with Crippen LogP contribution in [0, 0.1) is 12.3 Å². The molecule has 2 saturated carbocycles. The van der Waals surface area contributed by atoms with Crippen molar-refractivity contribution in [2.75, 3.05) is 18.8 Å². The number of likely N-dealkylation sites (tertiary alicyclic amines) is 1. The number of carbonyl (C=O) groups excluding carboxylic acids is 1. The highest BCUT2D eigenvalue weighted by molar-refractivity contribution is 7.91. The van der Waals surface area contributed by atoms with Gasteiger partial charge in [-0.15, -0.1) is 0 Å². The molecule has 1 spiro atoms. The van der Waals surface area contributed by atoms with Crippen LogP contribution in [0.2, 0.25) is 0 Å². The summed E-state index contributed by atoms with van der Waals surface area (Å²) in [5.74, 6) is 0.328. The van der Waals surface area contributed by atoms with Crippen LogP contribution in [0.25, 0.3) is 22.0 Å². The maximum absolute atomic E-state index is 13.8. The number of benzene rings is 2. The summed E-state index contributed by atoms with van der Waals surface area (Å²) in [6.07, 6.45) is 7.87. The molecule has 12 nitrogen and oxygen atoms in total. The number of hydrogen-bond acceptors (Lipinski definition) is 9. The van der Waals surface area contributed by atoms with Crippen LogP contribution in [-0.4, -0.2) is 79.1 Å². The standard InChI is InChI=1S/C40H49N3O9S2/c1-7-53(46,47)31-12-13-35(51-28-20-27(21-28)50-29-23-40(24-29)15-18-42(19-16-40)38(45)52-39(3,4)5)33(22-31)34-25-41(6)37(44)36-32(34)14-17-43(36)54(48,49)30-10-8-26(2)9-11-30/h8-14,17,22,25,27-29H,7,15-16,18-21,23-24H2,1-6H3. The molecule has 0 atom stereocenters. The first-order valence-electron chi connectivity index (χ1n) is 18.6. The van der Waals surface area contributed by atoms with Gasteiger partial charge in [-0.25, -0.2) is 25.6 Å². The van der Waals surface area contributed by atoms with Crippen molar-refractivity contribution in [2.24, 2.45) is 12.5 Å². The van der Waals surface area contributed by atoms with E-state index in [1.165, 1.54) is 36.0 Å². The zero-order valence-electron chi connectivity index (χ0n) is 31.7. The van der Waals surface area contributed by atoms with Crippen LogP contribution < -0.4 is 10.3 Å². The van der Waals surface area contributed by atoms with Crippen molar-refractivity contribution >= 4 is 36.9 Å². The summed E-state index contributed by atoms with van der Waals surface area (Å²) in [5, 5.41) is 0.357. The number of piperidine rings is 1. The normalized spacial score (nSPS) is 20.4. The van der Waals surface area contributed by atoms with E-state index in [1.54, 1.807) is 48.4 Å². The summed E-state index contributed by atoms with van der Waals surface area (Å²) in [4.78, 5) is 28.0. The van der Waals surface area contributed by atoms with E-state index >= 15 is 0 Å². The Hall–Kier alpha value is -4.14. The zero-order valence-corrected chi connectivity index (χ0v) is 33.3. The lowest BCUT2D eigenvalue weighted by Gasteiger charge is -2.53. The van der Waals surface area contributed by atoms with Crippen molar-refractivity contribution < 1.29 is 35.8 Å². The number of aryl methyl sites for hydroxylation is 2. The fourth-order valence-electron chi connectivity index (χ4n) is 7.83. The van der Waals surface area contributed by atoms with Crippen LogP contribution in [0.3, 0.4) is 0 Å². The van der Waals surface area contributed by atoms with Crippen LogP contribution in [0.1, 0.15) is 71.8 Å². The summed E-state index contributed by atoms with van der Waals surface area (Å²) < 4.78 is 74.5. The second-order valence-electron chi connectivity index (χ2n) is 16.2. The van der Waals surface area contributed by atoms with Gasteiger partial charge in [-0.1, -0.05) is 24.6 Å². The second-order valence-corrected chi connectivity index (χ2v) is 20.3. The van der Waals surface area contributed by atoms with Crippen LogP contribution in [0.5, 0.6) is 5.75 Å². The van der Waals surface area contributed by atoms with Gasteiger partial charge in [0.05, 0.1) is 27.8 Å². The molecule has 0 N–H and O–H groups in total. The minimum absolute atomic E-state index is 0.0349. The molecule has 1 amide bonds. The molecular formula is C40H49N3O9S2. The van der Waals surface area contributed by atoms with Crippen molar-refractivity contribution in [1.82, 2.24) is 13.4 Å². The van der Waals surface area contributed by atoms with Gasteiger partial charge in [-0.2, -0.15) is 0 Å². The fourth-order valence-corrected chi connectivity index (χ4v) is 10.1. The second kappa shape index (κ2) is 13.9. The van der Waals surface area contributed by atoms with Crippen LogP contribution in [-0.2, 0) is 36.4 Å². The quantitative estimate of drug-likeness (QED) is 0.187. The number of pyridine rings is 1. The fraction of sp³-hybridized carbons (Fsp3) is 0.500. The van der Waals surface area contributed by atoms with E-state index in [-0.39, 0.29) is 50.9 Å². The Morgan fingerprint density at radius 1 is 0.889 bits per heavy atom. The molecule has 3 aliphatic rings. The van der Waals surface area contributed by atoms with Crippen molar-refractivity contribution in [1.29, 1.82) is 0 Å². The SMILES string of the molecule is CCS(=O)(=O)c1ccc(OC2CC(OC3CC4(CCN(C(=O)OC(C)(C)C)CC4)C3)C2)c(-c2cn(C)c(=O)c3c2ccn3S(=O)(=O)c2ccc(C)cc2)c1. The first-order valence-corrected chi connectivity index (χ1v) is 21.7. The average Bonchev–Trinajstić information content (AvgIpc) is 3.54.